The molecule has 0 radical (unpaired) electrons. The molecule has 4 heterocycles. The van der Waals surface area contributed by atoms with Crippen molar-refractivity contribution < 1.29 is 31.5 Å². The summed E-state index contributed by atoms with van der Waals surface area (Å²) in [4.78, 5) is 26.2. The molecule has 0 spiro atoms. The van der Waals surface area contributed by atoms with Crippen molar-refractivity contribution in [1.29, 1.82) is 0 Å². The molecule has 2 saturated heterocycles. The van der Waals surface area contributed by atoms with Crippen LogP contribution in [-0.4, -0.2) is 88.0 Å². The van der Waals surface area contributed by atoms with Gasteiger partial charge in [-0.2, -0.15) is 0 Å². The van der Waals surface area contributed by atoms with Crippen LogP contribution in [0.4, 0.5) is 10.1 Å². The summed E-state index contributed by atoms with van der Waals surface area (Å²) in [6.45, 7) is 4.64. The van der Waals surface area contributed by atoms with Crippen molar-refractivity contribution in [3.05, 3.63) is 100 Å². The number of likely N-dealkylation sites (N-methyl/N-ethyl adjacent to an activating group) is 1. The van der Waals surface area contributed by atoms with E-state index in [0.717, 1.165) is 42.1 Å². The van der Waals surface area contributed by atoms with Crippen molar-refractivity contribution in [3.63, 3.8) is 0 Å². The Kier molecular flexibility index (Phi) is 8.90. The van der Waals surface area contributed by atoms with Gasteiger partial charge in [0.25, 0.3) is 15.9 Å². The molecule has 49 heavy (non-hydrogen) atoms. The van der Waals surface area contributed by atoms with Crippen LogP contribution >= 0.6 is 11.6 Å². The monoisotopic (exact) mass is 709 g/mol. The number of hydrogen-bond donors (Lipinski definition) is 0. The Labute approximate surface area is 289 Å². The zero-order valence-electron chi connectivity index (χ0n) is 27.4. The average Bonchev–Trinajstić information content (AvgIpc) is 3.85. The second-order valence-electron chi connectivity index (χ2n) is 12.6. The Morgan fingerprint density at radius 2 is 1.73 bits per heavy atom. The van der Waals surface area contributed by atoms with Gasteiger partial charge >= 0.3 is 0 Å². The van der Waals surface area contributed by atoms with E-state index in [1.165, 1.54) is 44.7 Å². The molecule has 0 N–H and O–H groups in total. The highest BCUT2D eigenvalue weighted by Crippen LogP contribution is 2.57. The van der Waals surface area contributed by atoms with E-state index < -0.39 is 38.2 Å². The van der Waals surface area contributed by atoms with Crippen LogP contribution in [0.3, 0.4) is 0 Å². The molecule has 4 aromatic rings. The molecule has 3 aliphatic heterocycles. The summed E-state index contributed by atoms with van der Waals surface area (Å²) in [6.07, 6.45) is 4.31. The standard InChI is InChI=1S/C35H37ClFN5O6S/c1-39-14-16-40(17-15-39)22-23-6-10-31(46-2)27(19-23)35(41-13-4-5-30(41)33-38-12-18-48-33)26-20-24(36)7-9-29(26)42(34(35)43)49(44,45)25-8-11-32(47-3)28(37)21-25/h6-12,18-21,30H,4-5,13-17,22H2,1-3H3. The lowest BCUT2D eigenvalue weighted by molar-refractivity contribution is -0.127. The molecule has 11 nitrogen and oxygen atoms in total. The molecule has 3 aromatic carbocycles. The molecule has 0 saturated carbocycles. The summed E-state index contributed by atoms with van der Waals surface area (Å²) in [5.41, 5.74) is 0.109. The number of fused-ring (bicyclic) bond motifs is 1. The van der Waals surface area contributed by atoms with E-state index in [0.29, 0.717) is 53.7 Å². The molecule has 2 atom stereocenters. The molecule has 258 valence electrons. The van der Waals surface area contributed by atoms with Crippen LogP contribution in [0.1, 0.15) is 41.5 Å². The summed E-state index contributed by atoms with van der Waals surface area (Å²) in [6, 6.07) is 13.2. The van der Waals surface area contributed by atoms with E-state index in [1.807, 2.05) is 23.1 Å². The van der Waals surface area contributed by atoms with Gasteiger partial charge in [-0.05, 0) is 74.0 Å². The van der Waals surface area contributed by atoms with Gasteiger partial charge in [-0.3, -0.25) is 14.6 Å². The third kappa shape index (κ3) is 5.57. The third-order valence-electron chi connectivity index (χ3n) is 9.80. The fraction of sp³-hybridized carbons (Fsp3) is 0.371. The molecular formula is C35H37ClFN5O6S. The largest absolute Gasteiger partial charge is 0.496 e. The first-order valence-corrected chi connectivity index (χ1v) is 17.9. The van der Waals surface area contributed by atoms with Crippen molar-refractivity contribution >= 4 is 33.2 Å². The van der Waals surface area contributed by atoms with Gasteiger partial charge < -0.3 is 18.8 Å². The lowest BCUT2D eigenvalue weighted by Gasteiger charge is -2.41. The number of carbonyl (C=O) groups excluding carboxylic acids is 1. The number of aromatic nitrogens is 1. The normalized spacial score (nSPS) is 22.1. The van der Waals surface area contributed by atoms with Crippen LogP contribution in [0.15, 0.2) is 76.4 Å². The van der Waals surface area contributed by atoms with Gasteiger partial charge in [-0.15, -0.1) is 0 Å². The molecule has 3 aliphatic rings. The number of nitrogens with zero attached hydrogens (tertiary/aromatic N) is 5. The van der Waals surface area contributed by atoms with Crippen molar-refractivity contribution in [2.75, 3.05) is 58.3 Å². The Bertz CT molecular complexity index is 1990. The van der Waals surface area contributed by atoms with E-state index in [1.54, 1.807) is 12.3 Å². The highest BCUT2D eigenvalue weighted by molar-refractivity contribution is 7.93. The predicted molar refractivity (Wildman–Crippen MR) is 181 cm³/mol. The maximum absolute atomic E-state index is 15.6. The lowest BCUT2D eigenvalue weighted by atomic mass is 9.80. The summed E-state index contributed by atoms with van der Waals surface area (Å²) < 4.78 is 61.7. The summed E-state index contributed by atoms with van der Waals surface area (Å²) in [7, 11) is 0.236. The van der Waals surface area contributed by atoms with Gasteiger partial charge in [0.05, 0.1) is 37.0 Å². The summed E-state index contributed by atoms with van der Waals surface area (Å²) >= 11 is 6.67. The highest BCUT2D eigenvalue weighted by atomic mass is 35.5. The molecule has 2 unspecified atom stereocenters. The Morgan fingerprint density at radius 3 is 2.43 bits per heavy atom. The van der Waals surface area contributed by atoms with Gasteiger partial charge in [-0.1, -0.05) is 17.7 Å². The smallest absolute Gasteiger partial charge is 0.271 e. The van der Waals surface area contributed by atoms with E-state index in [9.17, 15) is 12.8 Å². The maximum Gasteiger partial charge on any atom is 0.271 e. The van der Waals surface area contributed by atoms with Gasteiger partial charge in [0.15, 0.2) is 17.1 Å². The molecule has 2 fully saturated rings. The number of piperazine rings is 1. The second kappa shape index (κ2) is 13.0. The SMILES string of the molecule is COc1ccc(S(=O)(=O)N2C(=O)C(c3cc(CN4CCN(C)CC4)ccc3OC)(N3CCCC3c3ncco3)c3cc(Cl)ccc32)cc1F. The van der Waals surface area contributed by atoms with Crippen molar-refractivity contribution in [2.24, 2.45) is 0 Å². The van der Waals surface area contributed by atoms with Crippen LogP contribution in [0.5, 0.6) is 11.5 Å². The first kappa shape index (κ1) is 33.5. The quantitative estimate of drug-likeness (QED) is 0.234. The topological polar surface area (TPSA) is 109 Å². The molecule has 7 rings (SSSR count). The van der Waals surface area contributed by atoms with Crippen LogP contribution in [0, 0.1) is 5.82 Å². The first-order chi connectivity index (χ1) is 23.6. The summed E-state index contributed by atoms with van der Waals surface area (Å²) in [5, 5.41) is 0.310. The second-order valence-corrected chi connectivity index (χ2v) is 14.8. The Balaban J connectivity index is 1.47. The number of rotatable bonds is 9. The minimum atomic E-state index is -4.67. The van der Waals surface area contributed by atoms with Crippen molar-refractivity contribution in [2.45, 2.75) is 35.9 Å². The maximum atomic E-state index is 15.6. The van der Waals surface area contributed by atoms with Crippen LogP contribution in [0.2, 0.25) is 5.02 Å². The van der Waals surface area contributed by atoms with Gasteiger partial charge in [0.2, 0.25) is 5.89 Å². The average molecular weight is 710 g/mol. The summed E-state index contributed by atoms with van der Waals surface area (Å²) in [5.74, 6) is -0.969. The number of halogens is 2. The zero-order valence-corrected chi connectivity index (χ0v) is 29.0. The number of sulfonamides is 1. The number of anilines is 1. The number of benzene rings is 3. The number of ether oxygens (including phenoxy) is 2. The van der Waals surface area contributed by atoms with Crippen LogP contribution < -0.4 is 13.8 Å². The number of hydrogen-bond acceptors (Lipinski definition) is 10. The van der Waals surface area contributed by atoms with E-state index in [-0.39, 0.29) is 11.4 Å². The fourth-order valence-electron chi connectivity index (χ4n) is 7.42. The van der Waals surface area contributed by atoms with Gasteiger partial charge in [0, 0.05) is 55.4 Å². The number of carbonyl (C=O) groups is 1. The first-order valence-electron chi connectivity index (χ1n) is 16.1. The molecule has 1 amide bonds. The van der Waals surface area contributed by atoms with Gasteiger partial charge in [-0.25, -0.2) is 22.1 Å². The van der Waals surface area contributed by atoms with Crippen LogP contribution in [0.25, 0.3) is 0 Å². The molecule has 14 heteroatoms. The van der Waals surface area contributed by atoms with Crippen molar-refractivity contribution in [3.8, 4) is 11.5 Å². The highest BCUT2D eigenvalue weighted by Gasteiger charge is 2.63. The van der Waals surface area contributed by atoms with Crippen molar-refractivity contribution in [1.82, 2.24) is 19.7 Å². The lowest BCUT2D eigenvalue weighted by Crippen LogP contribution is -2.54. The Morgan fingerprint density at radius 1 is 0.980 bits per heavy atom. The molecule has 0 aliphatic carbocycles. The zero-order chi connectivity index (χ0) is 34.5. The van der Waals surface area contributed by atoms with Gasteiger partial charge in [0.1, 0.15) is 12.0 Å². The Hall–Kier alpha value is -4.01. The number of likely N-dealkylation sites (tertiary alicyclic amines) is 1. The molecule has 1 aromatic heterocycles. The van der Waals surface area contributed by atoms with Crippen LogP contribution in [-0.2, 0) is 26.9 Å². The fourth-order valence-corrected chi connectivity index (χ4v) is 9.06. The number of amides is 1. The van der Waals surface area contributed by atoms with E-state index >= 15 is 4.79 Å². The minimum Gasteiger partial charge on any atom is -0.496 e. The molecular weight excluding hydrogens is 673 g/mol. The van der Waals surface area contributed by atoms with E-state index in [2.05, 4.69) is 21.8 Å². The number of oxazole rings is 1. The molecule has 0 bridgehead atoms. The minimum absolute atomic E-state index is 0.107. The third-order valence-corrected chi connectivity index (χ3v) is 11.7. The number of methoxy groups -OCH3 is 2. The van der Waals surface area contributed by atoms with E-state index in [4.69, 9.17) is 25.5 Å². The predicted octanol–water partition coefficient (Wildman–Crippen LogP) is 5.05.